The number of ketones is 1. The SMILES string of the molecule is CCc1cc(C)cc(CC)c1C1=C(O)CC(CCSc2ccc(C)nn2)CC1=O. The van der Waals surface area contributed by atoms with Crippen LogP contribution in [-0.4, -0.2) is 26.8 Å². The Bertz CT molecular complexity index is 894. The van der Waals surface area contributed by atoms with Crippen molar-refractivity contribution in [1.29, 1.82) is 0 Å². The second-order valence-corrected chi connectivity index (χ2v) is 8.95. The van der Waals surface area contributed by atoms with Gasteiger partial charge in [-0.1, -0.05) is 31.5 Å². The molecule has 0 radical (unpaired) electrons. The number of thioether (sulfide) groups is 1. The van der Waals surface area contributed by atoms with Crippen molar-refractivity contribution in [3.05, 3.63) is 58.0 Å². The Balaban J connectivity index is 1.75. The Morgan fingerprint density at radius 1 is 1.07 bits per heavy atom. The summed E-state index contributed by atoms with van der Waals surface area (Å²) in [6.45, 7) is 8.22. The molecular weight excluding hydrogens is 380 g/mol. The molecule has 3 rings (SSSR count). The zero-order valence-corrected chi connectivity index (χ0v) is 18.6. The molecule has 154 valence electrons. The average Bonchev–Trinajstić information content (AvgIpc) is 2.69. The predicted octanol–water partition coefficient (Wildman–Crippen LogP) is 5.65. The molecule has 1 aromatic heterocycles. The van der Waals surface area contributed by atoms with Crippen LogP contribution in [0.15, 0.2) is 35.1 Å². The molecule has 0 aliphatic heterocycles. The van der Waals surface area contributed by atoms with Gasteiger partial charge in [-0.05, 0) is 73.6 Å². The Morgan fingerprint density at radius 3 is 2.31 bits per heavy atom. The number of Topliss-reactive ketones (excluding diaryl/α,β-unsaturated/α-hetero) is 1. The van der Waals surface area contributed by atoms with Crippen LogP contribution in [-0.2, 0) is 17.6 Å². The molecule has 1 atom stereocenters. The highest BCUT2D eigenvalue weighted by Gasteiger charge is 2.30. The zero-order valence-electron chi connectivity index (χ0n) is 17.8. The molecule has 1 aromatic carbocycles. The van der Waals surface area contributed by atoms with E-state index in [0.29, 0.717) is 18.4 Å². The number of benzene rings is 1. The fourth-order valence-corrected chi connectivity index (χ4v) is 5.00. The first kappa shape index (κ1) is 21.6. The van der Waals surface area contributed by atoms with Gasteiger partial charge in [-0.2, -0.15) is 5.10 Å². The number of hydrogen-bond acceptors (Lipinski definition) is 5. The van der Waals surface area contributed by atoms with Gasteiger partial charge in [0.05, 0.1) is 11.3 Å². The molecule has 29 heavy (non-hydrogen) atoms. The molecule has 2 aromatic rings. The lowest BCUT2D eigenvalue weighted by atomic mass is 9.79. The standard InChI is InChI=1S/C24H30N2O2S/c1-5-18-11-15(3)12-19(6-2)23(18)24-20(27)13-17(14-21(24)28)9-10-29-22-8-7-16(4)25-26-22/h7-8,11-12,17,27H,5-6,9-10,13-14H2,1-4H3. The van der Waals surface area contributed by atoms with Gasteiger partial charge in [-0.25, -0.2) is 0 Å². The average molecular weight is 411 g/mol. The number of aliphatic hydroxyl groups excluding tert-OH is 1. The van der Waals surface area contributed by atoms with Gasteiger partial charge in [-0.15, -0.1) is 16.9 Å². The molecule has 1 aliphatic rings. The fraction of sp³-hybridized carbons (Fsp3) is 0.458. The van der Waals surface area contributed by atoms with Crippen LogP contribution < -0.4 is 0 Å². The monoisotopic (exact) mass is 410 g/mol. The van der Waals surface area contributed by atoms with Crippen LogP contribution in [0.1, 0.15) is 61.1 Å². The molecule has 1 N–H and O–H groups in total. The van der Waals surface area contributed by atoms with Crippen LogP contribution in [0.4, 0.5) is 0 Å². The molecule has 0 saturated carbocycles. The van der Waals surface area contributed by atoms with Crippen molar-refractivity contribution in [2.24, 2.45) is 5.92 Å². The maximum atomic E-state index is 13.1. The van der Waals surface area contributed by atoms with E-state index in [4.69, 9.17) is 0 Å². The summed E-state index contributed by atoms with van der Waals surface area (Å²) in [6, 6.07) is 8.23. The molecule has 0 amide bonds. The van der Waals surface area contributed by atoms with E-state index in [0.717, 1.165) is 52.4 Å². The summed E-state index contributed by atoms with van der Waals surface area (Å²) in [7, 11) is 0. The highest BCUT2D eigenvalue weighted by atomic mass is 32.2. The summed E-state index contributed by atoms with van der Waals surface area (Å²) in [5.74, 6) is 1.38. The highest BCUT2D eigenvalue weighted by Crippen LogP contribution is 2.37. The molecule has 0 fully saturated rings. The van der Waals surface area contributed by atoms with Crippen LogP contribution in [0.5, 0.6) is 0 Å². The van der Waals surface area contributed by atoms with E-state index >= 15 is 0 Å². The van der Waals surface area contributed by atoms with E-state index in [1.807, 2.05) is 19.1 Å². The zero-order chi connectivity index (χ0) is 21.0. The van der Waals surface area contributed by atoms with Crippen LogP contribution >= 0.6 is 11.8 Å². The van der Waals surface area contributed by atoms with E-state index in [1.165, 1.54) is 5.56 Å². The van der Waals surface area contributed by atoms with Gasteiger partial charge in [0, 0.05) is 12.8 Å². The van der Waals surface area contributed by atoms with Gasteiger partial charge in [0.25, 0.3) is 0 Å². The molecule has 1 heterocycles. The first-order valence-corrected chi connectivity index (χ1v) is 11.4. The van der Waals surface area contributed by atoms with Crippen LogP contribution in [0, 0.1) is 19.8 Å². The predicted molar refractivity (Wildman–Crippen MR) is 119 cm³/mol. The number of allylic oxidation sites excluding steroid dienone is 2. The minimum atomic E-state index is 0.0760. The summed E-state index contributed by atoms with van der Waals surface area (Å²) < 4.78 is 0. The molecular formula is C24H30N2O2S. The third-order valence-corrected chi connectivity index (χ3v) is 6.48. The number of carbonyl (C=O) groups excluding carboxylic acids is 1. The summed E-state index contributed by atoms with van der Waals surface area (Å²) in [5.41, 5.74) is 5.97. The summed E-state index contributed by atoms with van der Waals surface area (Å²) >= 11 is 1.65. The molecule has 1 aliphatic carbocycles. The summed E-state index contributed by atoms with van der Waals surface area (Å²) in [6.07, 6.45) is 3.65. The van der Waals surface area contributed by atoms with E-state index in [2.05, 4.69) is 43.1 Å². The van der Waals surface area contributed by atoms with Crippen molar-refractivity contribution in [3.8, 4) is 0 Å². The normalized spacial score (nSPS) is 17.1. The lowest BCUT2D eigenvalue weighted by Crippen LogP contribution is -2.21. The van der Waals surface area contributed by atoms with Crippen molar-refractivity contribution in [2.75, 3.05) is 5.75 Å². The Hall–Kier alpha value is -2.14. The first-order valence-electron chi connectivity index (χ1n) is 10.4. The molecule has 4 nitrogen and oxygen atoms in total. The van der Waals surface area contributed by atoms with Crippen LogP contribution in [0.2, 0.25) is 0 Å². The van der Waals surface area contributed by atoms with Gasteiger partial charge in [0.15, 0.2) is 5.78 Å². The van der Waals surface area contributed by atoms with Gasteiger partial charge in [0.1, 0.15) is 10.8 Å². The molecule has 5 heteroatoms. The number of rotatable bonds is 7. The lowest BCUT2D eigenvalue weighted by Gasteiger charge is -2.26. The molecule has 0 spiro atoms. The van der Waals surface area contributed by atoms with Crippen LogP contribution in [0.25, 0.3) is 5.57 Å². The van der Waals surface area contributed by atoms with Crippen molar-refractivity contribution in [1.82, 2.24) is 10.2 Å². The minimum absolute atomic E-state index is 0.0760. The van der Waals surface area contributed by atoms with Crippen molar-refractivity contribution in [3.63, 3.8) is 0 Å². The quantitative estimate of drug-likeness (QED) is 0.598. The molecule has 1 unspecified atom stereocenters. The summed E-state index contributed by atoms with van der Waals surface area (Å²) in [4.78, 5) is 13.1. The third-order valence-electron chi connectivity index (χ3n) is 5.53. The largest absolute Gasteiger partial charge is 0.512 e. The van der Waals surface area contributed by atoms with Crippen LogP contribution in [0.3, 0.4) is 0 Å². The van der Waals surface area contributed by atoms with Crippen molar-refractivity contribution >= 4 is 23.1 Å². The van der Waals surface area contributed by atoms with Crippen molar-refractivity contribution < 1.29 is 9.90 Å². The Kier molecular flexibility index (Phi) is 7.12. The number of aliphatic hydroxyl groups is 1. The number of hydrogen-bond donors (Lipinski definition) is 1. The van der Waals surface area contributed by atoms with E-state index in [1.54, 1.807) is 11.8 Å². The Morgan fingerprint density at radius 2 is 1.76 bits per heavy atom. The molecule has 0 bridgehead atoms. The van der Waals surface area contributed by atoms with Gasteiger partial charge < -0.3 is 5.11 Å². The second-order valence-electron chi connectivity index (χ2n) is 7.83. The van der Waals surface area contributed by atoms with Gasteiger partial charge in [0.2, 0.25) is 0 Å². The Labute approximate surface area is 177 Å². The number of carbonyl (C=O) groups is 1. The second kappa shape index (κ2) is 9.57. The minimum Gasteiger partial charge on any atom is -0.512 e. The van der Waals surface area contributed by atoms with Crippen molar-refractivity contribution in [2.45, 2.75) is 64.8 Å². The lowest BCUT2D eigenvalue weighted by molar-refractivity contribution is -0.115. The van der Waals surface area contributed by atoms with E-state index < -0.39 is 0 Å². The summed E-state index contributed by atoms with van der Waals surface area (Å²) in [5, 5.41) is 20.0. The maximum absolute atomic E-state index is 13.1. The van der Waals surface area contributed by atoms with Gasteiger partial charge in [-0.3, -0.25) is 4.79 Å². The van der Waals surface area contributed by atoms with E-state index in [-0.39, 0.29) is 17.5 Å². The highest BCUT2D eigenvalue weighted by molar-refractivity contribution is 7.99. The first-order chi connectivity index (χ1) is 13.9. The van der Waals surface area contributed by atoms with Gasteiger partial charge >= 0.3 is 0 Å². The third kappa shape index (κ3) is 5.08. The smallest absolute Gasteiger partial charge is 0.167 e. The van der Waals surface area contributed by atoms with E-state index in [9.17, 15) is 9.90 Å². The number of nitrogens with zero attached hydrogens (tertiary/aromatic N) is 2. The topological polar surface area (TPSA) is 63.1 Å². The molecule has 0 saturated heterocycles. The number of aryl methyl sites for hydroxylation is 4. The number of aromatic nitrogens is 2. The fourth-order valence-electron chi connectivity index (χ4n) is 4.08. The maximum Gasteiger partial charge on any atom is 0.167 e.